The number of nitrogens with two attached hydrogens (primary N) is 1. The Labute approximate surface area is 245 Å². The lowest BCUT2D eigenvalue weighted by atomic mass is 10.1. The molecule has 230 valence electrons. The molecule has 4 rings (SSSR count). The van der Waals surface area contributed by atoms with Gasteiger partial charge in [0.25, 0.3) is 0 Å². The zero-order chi connectivity index (χ0) is 31.1. The number of aliphatic hydroxyl groups excluding tert-OH is 2. The van der Waals surface area contributed by atoms with Gasteiger partial charge in [-0.25, -0.2) is 19.5 Å². The molecule has 0 saturated carbocycles. The summed E-state index contributed by atoms with van der Waals surface area (Å²) in [5, 5.41) is 24.1. The van der Waals surface area contributed by atoms with Gasteiger partial charge >= 0.3 is 19.9 Å². The molecule has 5 N–H and O–H groups in total. The molecule has 1 saturated heterocycles. The van der Waals surface area contributed by atoms with Crippen LogP contribution in [0.3, 0.4) is 0 Å². The molecule has 3 heterocycles. The number of ether oxygens (including phenoxy) is 2. The Hall–Kier alpha value is -4.08. The summed E-state index contributed by atoms with van der Waals surface area (Å²) in [5.74, 6) is -1.22. The summed E-state index contributed by atoms with van der Waals surface area (Å²) in [4.78, 5) is 39.6. The molecule has 1 aliphatic rings. The van der Waals surface area contributed by atoms with Crippen LogP contribution in [0.15, 0.2) is 43.0 Å². The van der Waals surface area contributed by atoms with E-state index in [0.717, 1.165) is 0 Å². The molecule has 1 aromatic carbocycles. The molecular weight excluding hydrogens is 587 g/mol. The standard InChI is InChI=1S/C25H31N8O9P/c1-14(2)40-25(37)17(9-8-15(34)10-31-27)32-43(38,42-16-6-4-3-5-7-16)39-11-18-20(35)21(36)24(41-18)33-13-30-19-22(26)28-12-29-23(19)33/h3-7,10,12-14,17-18,20-21,24,35-36H,8-9,11H2,1-2H3,(H,32,38)(H2,26,28,29)/t17-,18+,20?,21-,24+,43?/m0/s1. The fourth-order valence-electron chi connectivity index (χ4n) is 4.19. The van der Waals surface area contributed by atoms with E-state index in [1.54, 1.807) is 32.0 Å². The molecule has 0 aliphatic carbocycles. The van der Waals surface area contributed by atoms with E-state index in [2.05, 4.69) is 24.8 Å². The van der Waals surface area contributed by atoms with Gasteiger partial charge in [-0.3, -0.25) is 18.7 Å². The number of hydrogen-bond donors (Lipinski definition) is 4. The van der Waals surface area contributed by atoms with Crippen LogP contribution in [0.4, 0.5) is 5.82 Å². The maximum atomic E-state index is 14.1. The molecular formula is C25H31N8O9P. The number of aromatic nitrogens is 4. The van der Waals surface area contributed by atoms with Crippen molar-refractivity contribution in [2.45, 2.75) is 63.4 Å². The molecule has 0 spiro atoms. The van der Waals surface area contributed by atoms with Gasteiger partial charge in [-0.1, -0.05) is 18.2 Å². The average Bonchev–Trinajstić information content (AvgIpc) is 3.51. The largest absolute Gasteiger partial charge is 0.462 e. The van der Waals surface area contributed by atoms with Crippen molar-refractivity contribution in [1.29, 1.82) is 0 Å². The maximum absolute atomic E-state index is 14.1. The van der Waals surface area contributed by atoms with Crippen LogP contribution in [0.25, 0.3) is 16.7 Å². The van der Waals surface area contributed by atoms with Crippen LogP contribution >= 0.6 is 7.75 Å². The Balaban J connectivity index is 1.55. The van der Waals surface area contributed by atoms with Crippen molar-refractivity contribution < 1.29 is 47.7 Å². The second kappa shape index (κ2) is 13.9. The predicted molar refractivity (Wildman–Crippen MR) is 148 cm³/mol. The molecule has 6 atom stereocenters. The number of benzene rings is 1. The Morgan fingerprint density at radius 1 is 1.23 bits per heavy atom. The maximum Gasteiger partial charge on any atom is 0.459 e. The third-order valence-electron chi connectivity index (χ3n) is 6.21. The van der Waals surface area contributed by atoms with Crippen LogP contribution in [-0.2, 0) is 28.2 Å². The molecule has 3 aromatic rings. The molecule has 1 aliphatic heterocycles. The summed E-state index contributed by atoms with van der Waals surface area (Å²) in [5.41, 5.74) is 15.0. The summed E-state index contributed by atoms with van der Waals surface area (Å²) in [7, 11) is -4.47. The van der Waals surface area contributed by atoms with Crippen molar-refractivity contribution >= 4 is 42.7 Å². The smallest absolute Gasteiger partial charge is 0.459 e. The molecule has 43 heavy (non-hydrogen) atoms. The van der Waals surface area contributed by atoms with Gasteiger partial charge in [0.1, 0.15) is 41.9 Å². The Morgan fingerprint density at radius 2 is 1.98 bits per heavy atom. The first-order valence-corrected chi connectivity index (χ1v) is 14.7. The lowest BCUT2D eigenvalue weighted by molar-refractivity contribution is -0.149. The average molecular weight is 619 g/mol. The lowest BCUT2D eigenvalue weighted by Gasteiger charge is -2.26. The van der Waals surface area contributed by atoms with Gasteiger partial charge in [-0.15, -0.1) is 0 Å². The van der Waals surface area contributed by atoms with Gasteiger partial charge in [-0.2, -0.15) is 9.88 Å². The number of fused-ring (bicyclic) bond motifs is 1. The highest BCUT2D eigenvalue weighted by Crippen LogP contribution is 2.46. The van der Waals surface area contributed by atoms with Crippen molar-refractivity contribution in [1.82, 2.24) is 24.6 Å². The van der Waals surface area contributed by atoms with Crippen molar-refractivity contribution in [2.75, 3.05) is 12.3 Å². The van der Waals surface area contributed by atoms with E-state index in [1.807, 2.05) is 0 Å². The van der Waals surface area contributed by atoms with Gasteiger partial charge in [0.15, 0.2) is 17.7 Å². The Bertz CT molecular complexity index is 1530. The van der Waals surface area contributed by atoms with Gasteiger partial charge in [0.2, 0.25) is 5.78 Å². The highest BCUT2D eigenvalue weighted by atomic mass is 31.2. The van der Waals surface area contributed by atoms with Crippen LogP contribution in [0, 0.1) is 0 Å². The molecule has 2 unspecified atom stereocenters. The van der Waals surface area contributed by atoms with E-state index in [0.29, 0.717) is 6.21 Å². The first kappa shape index (κ1) is 31.8. The minimum absolute atomic E-state index is 0.109. The van der Waals surface area contributed by atoms with Gasteiger partial charge in [0, 0.05) is 6.42 Å². The second-order valence-corrected chi connectivity index (χ2v) is 11.4. The first-order chi connectivity index (χ1) is 20.5. The number of Topliss-reactive ketones (excluding diaryl/α,β-unsaturated/α-hetero) is 1. The SMILES string of the molecule is CC(C)OC(=O)[C@H](CCC(=O)C=[N+]=[N-])NP(=O)(OC[C@H]1O[C@@H](n2cnc3c(N)ncnc32)[C@@H](O)C1O)Oc1ccccc1. The van der Waals surface area contributed by atoms with E-state index < -0.39 is 62.8 Å². The third-order valence-corrected chi connectivity index (χ3v) is 7.78. The molecule has 0 amide bonds. The predicted octanol–water partition coefficient (Wildman–Crippen LogP) is 0.791. The number of nitrogens with one attached hydrogen (secondary N) is 1. The van der Waals surface area contributed by atoms with E-state index in [9.17, 15) is 24.4 Å². The Kier molecular flexibility index (Phi) is 10.3. The van der Waals surface area contributed by atoms with Crippen LogP contribution in [-0.4, -0.2) is 89.6 Å². The van der Waals surface area contributed by atoms with Gasteiger partial charge in [-0.05, 0) is 32.4 Å². The molecule has 0 bridgehead atoms. The van der Waals surface area contributed by atoms with Crippen LogP contribution < -0.4 is 15.3 Å². The summed E-state index contributed by atoms with van der Waals surface area (Å²) >= 11 is 0. The minimum Gasteiger partial charge on any atom is -0.462 e. The van der Waals surface area contributed by atoms with Crippen molar-refractivity contribution in [3.05, 3.63) is 48.5 Å². The summed E-state index contributed by atoms with van der Waals surface area (Å²) < 4.78 is 37.8. The molecule has 1 fully saturated rings. The number of nitrogen functional groups attached to an aromatic ring is 1. The Morgan fingerprint density at radius 3 is 2.67 bits per heavy atom. The fourth-order valence-corrected chi connectivity index (χ4v) is 5.73. The number of para-hydroxylation sites is 1. The van der Waals surface area contributed by atoms with Gasteiger partial charge in [0.05, 0.1) is 19.0 Å². The van der Waals surface area contributed by atoms with E-state index >= 15 is 0 Å². The van der Waals surface area contributed by atoms with Crippen molar-refractivity contribution in [3.8, 4) is 5.75 Å². The highest BCUT2D eigenvalue weighted by molar-refractivity contribution is 7.52. The lowest BCUT2D eigenvalue weighted by Crippen LogP contribution is -2.40. The van der Waals surface area contributed by atoms with Crippen LogP contribution in [0.5, 0.6) is 5.75 Å². The number of carbonyl (C=O) groups excluding carboxylic acids is 2. The number of nitrogens with zero attached hydrogens (tertiary/aromatic N) is 6. The van der Waals surface area contributed by atoms with E-state index in [1.165, 1.54) is 29.4 Å². The number of hydrogen-bond acceptors (Lipinski definition) is 13. The highest BCUT2D eigenvalue weighted by Gasteiger charge is 2.46. The minimum atomic E-state index is -4.47. The zero-order valence-corrected chi connectivity index (χ0v) is 24.1. The second-order valence-electron chi connectivity index (χ2n) is 9.74. The number of ketones is 1. The molecule has 2 aromatic heterocycles. The number of anilines is 1. The van der Waals surface area contributed by atoms with E-state index in [4.69, 9.17) is 29.8 Å². The summed E-state index contributed by atoms with van der Waals surface area (Å²) in [6.45, 7) is 2.65. The van der Waals surface area contributed by atoms with Gasteiger partial charge < -0.3 is 35.5 Å². The number of esters is 1. The molecule has 17 nitrogen and oxygen atoms in total. The quantitative estimate of drug-likeness (QED) is 0.0641. The molecule has 18 heteroatoms. The first-order valence-electron chi connectivity index (χ1n) is 13.1. The summed E-state index contributed by atoms with van der Waals surface area (Å²) in [6.07, 6.45) is -3.21. The van der Waals surface area contributed by atoms with Crippen molar-refractivity contribution in [3.63, 3.8) is 0 Å². The van der Waals surface area contributed by atoms with E-state index in [-0.39, 0.29) is 35.6 Å². The molecule has 0 radical (unpaired) electrons. The fraction of sp³-hybridized carbons (Fsp3) is 0.440. The van der Waals surface area contributed by atoms with Crippen LogP contribution in [0.1, 0.15) is 32.9 Å². The zero-order valence-electron chi connectivity index (χ0n) is 23.2. The topological polar surface area (TPSA) is 247 Å². The third kappa shape index (κ3) is 7.86. The van der Waals surface area contributed by atoms with Crippen LogP contribution in [0.2, 0.25) is 0 Å². The number of rotatable bonds is 14. The number of carbonyl (C=O) groups is 2. The summed E-state index contributed by atoms with van der Waals surface area (Å²) in [6, 6.07) is 6.58. The number of aliphatic hydroxyl groups is 2. The monoisotopic (exact) mass is 618 g/mol. The number of imidazole rings is 1. The normalized spacial score (nSPS) is 22.1. The van der Waals surface area contributed by atoms with Crippen molar-refractivity contribution in [2.24, 2.45) is 0 Å².